The normalized spacial score (nSPS) is 27.2. The van der Waals surface area contributed by atoms with Crippen molar-refractivity contribution in [2.24, 2.45) is 0 Å². The van der Waals surface area contributed by atoms with E-state index in [0.29, 0.717) is 0 Å². The molecule has 7 unspecified atom stereocenters. The van der Waals surface area contributed by atoms with Gasteiger partial charge in [0.05, 0.1) is 19.0 Å². The van der Waals surface area contributed by atoms with Crippen LogP contribution in [0, 0.1) is 11.3 Å². The van der Waals surface area contributed by atoms with Crippen molar-refractivity contribution in [1.82, 2.24) is 19.5 Å². The van der Waals surface area contributed by atoms with Gasteiger partial charge in [-0.2, -0.15) is 10.2 Å². The molecule has 0 radical (unpaired) electrons. The number of H-pyrrole nitrogens is 1. The summed E-state index contributed by atoms with van der Waals surface area (Å²) in [6.07, 6.45) is -5.20. The van der Waals surface area contributed by atoms with Crippen molar-refractivity contribution < 1.29 is 52.2 Å². The Kier molecular flexibility index (Phi) is 8.84. The Hall–Kier alpha value is -1.64. The molecular weight excluding hydrogens is 569 g/mol. The minimum absolute atomic E-state index is 0.0821. The van der Waals surface area contributed by atoms with Crippen molar-refractivity contribution in [1.29, 1.82) is 5.26 Å². The summed E-state index contributed by atoms with van der Waals surface area (Å²) in [5.74, 6) is -2.02. The zero-order valence-corrected chi connectivity index (χ0v) is 21.4. The van der Waals surface area contributed by atoms with E-state index in [4.69, 9.17) is 20.3 Å². The second-order valence-electron chi connectivity index (χ2n) is 7.33. The van der Waals surface area contributed by atoms with Gasteiger partial charge in [-0.05, 0) is 11.4 Å². The number of aliphatic hydroxyl groups excluding tert-OH is 2. The van der Waals surface area contributed by atoms with Gasteiger partial charge in [0.1, 0.15) is 18.3 Å². The Balaban J connectivity index is 1.65. The van der Waals surface area contributed by atoms with Crippen LogP contribution in [0.4, 0.5) is 5.95 Å². The second kappa shape index (κ2) is 11.0. The van der Waals surface area contributed by atoms with Gasteiger partial charge >= 0.3 is 22.0 Å². The van der Waals surface area contributed by atoms with Crippen LogP contribution in [0.3, 0.4) is 0 Å². The maximum atomic E-state index is 12.3. The van der Waals surface area contributed by atoms with Crippen LogP contribution in [-0.4, -0.2) is 81.0 Å². The lowest BCUT2D eigenvalue weighted by Crippen LogP contribution is -2.33. The molecule has 2 aromatic rings. The average molecular weight is 590 g/mol. The fourth-order valence-corrected chi connectivity index (χ4v) is 10.5. The highest BCUT2D eigenvalue weighted by atomic mass is 32.7. The number of imidazole rings is 1. The monoisotopic (exact) mass is 590 g/mol. The molecule has 1 fully saturated rings. The Labute approximate surface area is 205 Å². The Morgan fingerprint density at radius 2 is 1.94 bits per heavy atom. The summed E-state index contributed by atoms with van der Waals surface area (Å²) in [6, 6.07) is 1.69. The van der Waals surface area contributed by atoms with E-state index in [9.17, 15) is 43.4 Å². The summed E-state index contributed by atoms with van der Waals surface area (Å²) < 4.78 is 51.8. The van der Waals surface area contributed by atoms with Gasteiger partial charge in [-0.15, -0.1) is 0 Å². The maximum Gasteiger partial charge on any atom is 0.393 e. The van der Waals surface area contributed by atoms with E-state index < -0.39 is 64.6 Å². The topological polar surface area (TPSA) is 293 Å². The number of ether oxygens (including phenoxy) is 1. The molecule has 18 nitrogen and oxygen atoms in total. The van der Waals surface area contributed by atoms with Crippen LogP contribution in [0.2, 0.25) is 0 Å². The van der Waals surface area contributed by atoms with E-state index >= 15 is 0 Å². The molecule has 2 aromatic heterocycles. The minimum Gasteiger partial charge on any atom is -0.387 e. The lowest BCUT2D eigenvalue weighted by atomic mass is 10.1. The first-order valence-corrected chi connectivity index (χ1v) is 16.4. The molecular formula is C14H21N6O12P3S. The zero-order chi connectivity index (χ0) is 26.9. The molecule has 1 aliphatic heterocycles. The number of fused-ring (bicyclic) bond motifs is 1. The standard InChI is InChI=1S/C14H21N6O12P3S/c15-2-1-3-36-35(28,29)32-34(26,27)6-33(24,25)30-4-7-9(21)10(22)13(31-7)20-5-17-8-11(20)18-14(16)19-12(8)23/h5,7,9-10,13,21-22H,1,3-4,6H2,(H,24,25)(H,26,27)(H,28,29)(H3,16,18,19,23). The third kappa shape index (κ3) is 7.01. The maximum absolute atomic E-state index is 12.3. The van der Waals surface area contributed by atoms with Crippen LogP contribution in [-0.2, 0) is 27.3 Å². The summed E-state index contributed by atoms with van der Waals surface area (Å²) >= 11 is 0.191. The Morgan fingerprint density at radius 1 is 1.25 bits per heavy atom. The number of aliphatic hydroxyl groups is 2. The number of aromatic nitrogens is 4. The van der Waals surface area contributed by atoms with Crippen LogP contribution in [0.25, 0.3) is 11.2 Å². The molecule has 0 bridgehead atoms. The number of nitriles is 1. The van der Waals surface area contributed by atoms with Gasteiger partial charge < -0.3 is 39.9 Å². The number of rotatable bonds is 11. The fraction of sp³-hybridized carbons (Fsp3) is 0.571. The Bertz CT molecular complexity index is 1360. The molecule has 36 heavy (non-hydrogen) atoms. The molecule has 0 saturated carbocycles. The summed E-state index contributed by atoms with van der Waals surface area (Å²) in [7, 11) is -10.1. The van der Waals surface area contributed by atoms with Crippen molar-refractivity contribution >= 4 is 50.5 Å². The van der Waals surface area contributed by atoms with Crippen LogP contribution in [0.5, 0.6) is 0 Å². The first-order valence-electron chi connectivity index (χ1n) is 9.72. The molecule has 3 heterocycles. The predicted octanol–water partition coefficient (Wildman–Crippen LogP) is -0.570. The van der Waals surface area contributed by atoms with E-state index in [-0.39, 0.29) is 40.7 Å². The third-order valence-electron chi connectivity index (χ3n) is 4.56. The highest BCUT2D eigenvalue weighted by Crippen LogP contribution is 2.70. The fourth-order valence-electron chi connectivity index (χ4n) is 3.10. The number of hydrogen-bond donors (Lipinski definition) is 7. The zero-order valence-electron chi connectivity index (χ0n) is 17.9. The first-order chi connectivity index (χ1) is 16.6. The molecule has 0 spiro atoms. The van der Waals surface area contributed by atoms with Crippen LogP contribution in [0.15, 0.2) is 11.1 Å². The van der Waals surface area contributed by atoms with E-state index in [1.807, 2.05) is 0 Å². The van der Waals surface area contributed by atoms with Crippen molar-refractivity contribution in [3.05, 3.63) is 16.7 Å². The Morgan fingerprint density at radius 3 is 2.61 bits per heavy atom. The van der Waals surface area contributed by atoms with E-state index in [1.165, 1.54) is 0 Å². The molecule has 1 aliphatic rings. The summed E-state index contributed by atoms with van der Waals surface area (Å²) in [5, 5.41) is 29.1. The van der Waals surface area contributed by atoms with Crippen LogP contribution >= 0.6 is 33.4 Å². The molecule has 3 rings (SSSR count). The largest absolute Gasteiger partial charge is 0.393 e. The van der Waals surface area contributed by atoms with Crippen molar-refractivity contribution in [3.8, 4) is 6.07 Å². The number of anilines is 1. The highest BCUT2D eigenvalue weighted by molar-refractivity contribution is 8.55. The molecule has 0 aliphatic carbocycles. The van der Waals surface area contributed by atoms with Crippen LogP contribution in [0.1, 0.15) is 12.6 Å². The molecule has 7 atom stereocenters. The SMILES string of the molecule is N#CCCSP(=O)(O)OP(=O)(O)CP(=O)(O)OCC1OC(n2cnc3c(=O)[nH]c(N)nc32)C(O)C1O. The first kappa shape index (κ1) is 28.9. The number of nitrogen functional groups attached to an aromatic ring is 1. The summed E-state index contributed by atoms with van der Waals surface area (Å²) in [5.41, 5.74) is 4.62. The molecule has 22 heteroatoms. The smallest absolute Gasteiger partial charge is 0.387 e. The van der Waals surface area contributed by atoms with Gasteiger partial charge in [-0.3, -0.25) is 23.5 Å². The third-order valence-corrected chi connectivity index (χ3v) is 12.7. The lowest BCUT2D eigenvalue weighted by Gasteiger charge is -2.20. The second-order valence-corrected chi connectivity index (χ2v) is 15.7. The molecule has 0 aromatic carbocycles. The molecule has 8 N–H and O–H groups in total. The predicted molar refractivity (Wildman–Crippen MR) is 123 cm³/mol. The molecule has 1 saturated heterocycles. The van der Waals surface area contributed by atoms with Crippen molar-refractivity contribution in [2.75, 3.05) is 24.0 Å². The lowest BCUT2D eigenvalue weighted by molar-refractivity contribution is -0.0483. The van der Waals surface area contributed by atoms with Gasteiger partial charge in [-0.25, -0.2) is 13.9 Å². The van der Waals surface area contributed by atoms with Crippen molar-refractivity contribution in [2.45, 2.75) is 31.0 Å². The van der Waals surface area contributed by atoms with Gasteiger partial charge in [0, 0.05) is 12.2 Å². The van der Waals surface area contributed by atoms with Gasteiger partial charge in [0.2, 0.25) is 5.95 Å². The minimum atomic E-state index is -5.13. The van der Waals surface area contributed by atoms with Crippen molar-refractivity contribution in [3.63, 3.8) is 0 Å². The number of aromatic amines is 1. The average Bonchev–Trinajstić information content (AvgIpc) is 3.26. The summed E-state index contributed by atoms with van der Waals surface area (Å²) in [4.78, 5) is 51.2. The number of hydrogen-bond acceptors (Lipinski definition) is 14. The van der Waals surface area contributed by atoms with Crippen LogP contribution < -0.4 is 11.3 Å². The van der Waals surface area contributed by atoms with Gasteiger partial charge in [0.15, 0.2) is 23.3 Å². The number of nitrogens with one attached hydrogen (secondary N) is 1. The molecule has 200 valence electrons. The van der Waals surface area contributed by atoms with Gasteiger partial charge in [-0.1, -0.05) is 0 Å². The highest BCUT2D eigenvalue weighted by Gasteiger charge is 2.46. The summed E-state index contributed by atoms with van der Waals surface area (Å²) in [6.45, 7) is -5.59. The van der Waals surface area contributed by atoms with E-state index in [1.54, 1.807) is 6.07 Å². The van der Waals surface area contributed by atoms with E-state index in [2.05, 4.69) is 19.3 Å². The number of nitrogens with zero attached hydrogens (tertiary/aromatic N) is 4. The van der Waals surface area contributed by atoms with Gasteiger partial charge in [0.25, 0.3) is 5.56 Å². The molecule has 0 amide bonds. The number of nitrogens with two attached hydrogens (primary N) is 1. The van der Waals surface area contributed by atoms with E-state index in [0.717, 1.165) is 10.9 Å². The quantitative estimate of drug-likeness (QED) is 0.127.